The number of anilines is 1. The van der Waals surface area contributed by atoms with Gasteiger partial charge < -0.3 is 10.8 Å². The zero-order valence-corrected chi connectivity index (χ0v) is 8.75. The third-order valence-electron chi connectivity index (χ3n) is 2.48. The van der Waals surface area contributed by atoms with Gasteiger partial charge in [-0.15, -0.1) is 0 Å². The number of rotatable bonds is 1. The lowest BCUT2D eigenvalue weighted by Gasteiger charge is -1.99. The van der Waals surface area contributed by atoms with Crippen molar-refractivity contribution < 1.29 is 5.11 Å². The van der Waals surface area contributed by atoms with Crippen LogP contribution in [0.25, 0.3) is 22.4 Å². The summed E-state index contributed by atoms with van der Waals surface area (Å²) in [5.41, 5.74) is 7.05. The molecule has 3 rings (SSSR count). The Kier molecular flexibility index (Phi) is 1.94. The van der Waals surface area contributed by atoms with E-state index in [1.807, 2.05) is 24.3 Å². The van der Waals surface area contributed by atoms with Crippen LogP contribution in [0.15, 0.2) is 30.5 Å². The maximum absolute atomic E-state index is 9.28. The predicted molar refractivity (Wildman–Crippen MR) is 63.2 cm³/mol. The number of fused-ring (bicyclic) bond motifs is 1. The van der Waals surface area contributed by atoms with E-state index < -0.39 is 0 Å². The summed E-state index contributed by atoms with van der Waals surface area (Å²) in [6.45, 7) is 0. The second-order valence-electron chi connectivity index (χ2n) is 3.58. The summed E-state index contributed by atoms with van der Waals surface area (Å²) >= 11 is 0. The fourth-order valence-electron chi connectivity index (χ4n) is 1.64. The SMILES string of the molecule is Nc1nc(-c2n[nH]c3ccccc23)ncc1O. The Balaban J connectivity index is 2.24. The van der Waals surface area contributed by atoms with Crippen molar-refractivity contribution >= 4 is 16.7 Å². The molecule has 17 heavy (non-hydrogen) atoms. The van der Waals surface area contributed by atoms with Crippen LogP contribution in [0.2, 0.25) is 0 Å². The third-order valence-corrected chi connectivity index (χ3v) is 2.48. The molecule has 2 aromatic heterocycles. The normalized spacial score (nSPS) is 10.8. The van der Waals surface area contributed by atoms with Crippen molar-refractivity contribution in [3.05, 3.63) is 30.5 Å². The first-order chi connectivity index (χ1) is 8.25. The molecular formula is C11H9N5O. The van der Waals surface area contributed by atoms with Gasteiger partial charge in [0.05, 0.1) is 11.7 Å². The standard InChI is InChI=1S/C11H9N5O/c12-10-8(17)5-13-11(14-10)9-6-3-1-2-4-7(6)15-16-9/h1-5,17H,(H,15,16)(H2,12,13,14). The molecule has 0 aliphatic rings. The number of aromatic hydroxyl groups is 1. The molecule has 6 heteroatoms. The number of nitrogens with two attached hydrogens (primary N) is 1. The van der Waals surface area contributed by atoms with Gasteiger partial charge in [0, 0.05) is 5.39 Å². The summed E-state index contributed by atoms with van der Waals surface area (Å²) in [5.74, 6) is 0.299. The Labute approximate surface area is 96.1 Å². The Morgan fingerprint density at radius 3 is 2.88 bits per heavy atom. The zero-order chi connectivity index (χ0) is 11.8. The maximum atomic E-state index is 9.28. The van der Waals surface area contributed by atoms with Crippen molar-refractivity contribution in [3.63, 3.8) is 0 Å². The second kappa shape index (κ2) is 3.44. The Morgan fingerprint density at radius 2 is 2.06 bits per heavy atom. The number of aromatic nitrogens is 4. The van der Waals surface area contributed by atoms with Gasteiger partial charge in [0.2, 0.25) is 0 Å². The number of nitrogen functional groups attached to an aromatic ring is 1. The first kappa shape index (κ1) is 9.59. The van der Waals surface area contributed by atoms with Gasteiger partial charge in [0.1, 0.15) is 5.69 Å². The zero-order valence-electron chi connectivity index (χ0n) is 8.75. The van der Waals surface area contributed by atoms with Crippen molar-refractivity contribution in [1.82, 2.24) is 20.2 Å². The van der Waals surface area contributed by atoms with Gasteiger partial charge in [0.25, 0.3) is 0 Å². The van der Waals surface area contributed by atoms with E-state index in [2.05, 4.69) is 20.2 Å². The molecule has 0 saturated heterocycles. The topological polar surface area (TPSA) is 101 Å². The lowest BCUT2D eigenvalue weighted by Crippen LogP contribution is -1.96. The van der Waals surface area contributed by atoms with Crippen LogP contribution in [0.1, 0.15) is 0 Å². The van der Waals surface area contributed by atoms with Gasteiger partial charge in [-0.3, -0.25) is 5.10 Å². The van der Waals surface area contributed by atoms with Gasteiger partial charge in [-0.25, -0.2) is 9.97 Å². The van der Waals surface area contributed by atoms with Crippen LogP contribution in [0.4, 0.5) is 5.82 Å². The van der Waals surface area contributed by atoms with Crippen molar-refractivity contribution in [2.75, 3.05) is 5.73 Å². The number of nitrogens with one attached hydrogen (secondary N) is 1. The summed E-state index contributed by atoms with van der Waals surface area (Å²) < 4.78 is 0. The lowest BCUT2D eigenvalue weighted by atomic mass is 10.2. The van der Waals surface area contributed by atoms with Crippen LogP contribution in [0.5, 0.6) is 5.75 Å². The van der Waals surface area contributed by atoms with E-state index in [9.17, 15) is 5.11 Å². The van der Waals surface area contributed by atoms with Crippen LogP contribution in [-0.2, 0) is 0 Å². The van der Waals surface area contributed by atoms with Gasteiger partial charge >= 0.3 is 0 Å². The number of H-pyrrole nitrogens is 1. The minimum absolute atomic E-state index is 0.0436. The molecule has 2 heterocycles. The van der Waals surface area contributed by atoms with E-state index in [1.54, 1.807) is 0 Å². The molecule has 0 unspecified atom stereocenters. The highest BCUT2D eigenvalue weighted by Gasteiger charge is 2.11. The van der Waals surface area contributed by atoms with Gasteiger partial charge in [-0.2, -0.15) is 5.10 Å². The van der Waals surface area contributed by atoms with Crippen LogP contribution >= 0.6 is 0 Å². The molecule has 0 spiro atoms. The molecule has 84 valence electrons. The van der Waals surface area contributed by atoms with Crippen LogP contribution in [0.3, 0.4) is 0 Å². The van der Waals surface area contributed by atoms with Crippen LogP contribution in [0, 0.1) is 0 Å². The van der Waals surface area contributed by atoms with Crippen molar-refractivity contribution in [2.24, 2.45) is 0 Å². The average Bonchev–Trinajstić information content (AvgIpc) is 2.76. The number of aromatic amines is 1. The highest BCUT2D eigenvalue weighted by molar-refractivity contribution is 5.91. The maximum Gasteiger partial charge on any atom is 0.182 e. The molecule has 4 N–H and O–H groups in total. The summed E-state index contributed by atoms with van der Waals surface area (Å²) in [6.07, 6.45) is 1.26. The first-order valence-electron chi connectivity index (χ1n) is 5.00. The number of benzene rings is 1. The summed E-state index contributed by atoms with van der Waals surface area (Å²) in [6, 6.07) is 7.65. The van der Waals surface area contributed by atoms with Gasteiger partial charge in [-0.05, 0) is 6.07 Å². The minimum atomic E-state index is -0.131. The van der Waals surface area contributed by atoms with Gasteiger partial charge in [-0.1, -0.05) is 18.2 Å². The average molecular weight is 227 g/mol. The molecular weight excluding hydrogens is 218 g/mol. The van der Waals surface area contributed by atoms with Crippen molar-refractivity contribution in [3.8, 4) is 17.3 Å². The molecule has 6 nitrogen and oxygen atoms in total. The molecule has 0 aliphatic carbocycles. The Hall–Kier alpha value is -2.63. The van der Waals surface area contributed by atoms with Gasteiger partial charge in [0.15, 0.2) is 17.4 Å². The van der Waals surface area contributed by atoms with Crippen LogP contribution < -0.4 is 5.73 Å². The van der Waals surface area contributed by atoms with E-state index in [4.69, 9.17) is 5.73 Å². The minimum Gasteiger partial charge on any atom is -0.503 e. The quantitative estimate of drug-likeness (QED) is 0.581. The molecule has 0 saturated carbocycles. The molecule has 0 radical (unpaired) electrons. The lowest BCUT2D eigenvalue weighted by molar-refractivity contribution is 0.473. The monoisotopic (exact) mass is 227 g/mol. The fourth-order valence-corrected chi connectivity index (χ4v) is 1.64. The molecule has 0 atom stereocenters. The van der Waals surface area contributed by atoms with E-state index in [0.29, 0.717) is 11.5 Å². The summed E-state index contributed by atoms with van der Waals surface area (Å²) in [4.78, 5) is 8.01. The van der Waals surface area contributed by atoms with E-state index >= 15 is 0 Å². The molecule has 0 bridgehead atoms. The van der Waals surface area contributed by atoms with Crippen LogP contribution in [-0.4, -0.2) is 25.3 Å². The summed E-state index contributed by atoms with van der Waals surface area (Å²) in [7, 11) is 0. The predicted octanol–water partition coefficient (Wildman–Crippen LogP) is 1.31. The van der Waals surface area contributed by atoms with Crippen molar-refractivity contribution in [1.29, 1.82) is 0 Å². The number of hydrogen-bond donors (Lipinski definition) is 3. The van der Waals surface area contributed by atoms with E-state index in [-0.39, 0.29) is 11.6 Å². The first-order valence-corrected chi connectivity index (χ1v) is 5.00. The largest absolute Gasteiger partial charge is 0.503 e. The third kappa shape index (κ3) is 1.46. The molecule has 0 aliphatic heterocycles. The van der Waals surface area contributed by atoms with Crippen molar-refractivity contribution in [2.45, 2.75) is 0 Å². The number of hydrogen-bond acceptors (Lipinski definition) is 5. The Morgan fingerprint density at radius 1 is 1.24 bits per heavy atom. The van der Waals surface area contributed by atoms with E-state index in [1.165, 1.54) is 6.20 Å². The highest BCUT2D eigenvalue weighted by atomic mass is 16.3. The molecule has 1 aromatic carbocycles. The molecule has 3 aromatic rings. The fraction of sp³-hybridized carbons (Fsp3) is 0. The molecule has 0 fully saturated rings. The second-order valence-corrected chi connectivity index (χ2v) is 3.58. The number of para-hydroxylation sites is 1. The number of nitrogens with zero attached hydrogens (tertiary/aromatic N) is 3. The summed E-state index contributed by atoms with van der Waals surface area (Å²) in [5, 5.41) is 17.2. The Bertz CT molecular complexity index is 691. The smallest absolute Gasteiger partial charge is 0.182 e. The molecule has 0 amide bonds. The van der Waals surface area contributed by atoms with E-state index in [0.717, 1.165) is 10.9 Å². The highest BCUT2D eigenvalue weighted by Crippen LogP contribution is 2.25.